The minimum atomic E-state index is -0.195. The molecule has 0 aromatic heterocycles. The molecule has 1 fully saturated rings. The SMILES string of the molecule is COc1ccc(Br)cc1C(=O)Nc1ccc(CN2CCOCC2)cc1. The van der Waals surface area contributed by atoms with E-state index in [1.54, 1.807) is 19.2 Å². The van der Waals surface area contributed by atoms with E-state index < -0.39 is 0 Å². The molecule has 0 radical (unpaired) electrons. The number of nitrogens with one attached hydrogen (secondary N) is 1. The van der Waals surface area contributed by atoms with E-state index in [0.717, 1.165) is 43.0 Å². The van der Waals surface area contributed by atoms with Crippen LogP contribution in [0.15, 0.2) is 46.9 Å². The van der Waals surface area contributed by atoms with Crippen LogP contribution in [0.25, 0.3) is 0 Å². The molecule has 0 atom stereocenters. The lowest BCUT2D eigenvalue weighted by Crippen LogP contribution is -2.35. The van der Waals surface area contributed by atoms with Gasteiger partial charge < -0.3 is 14.8 Å². The monoisotopic (exact) mass is 404 g/mol. The molecule has 132 valence electrons. The zero-order valence-corrected chi connectivity index (χ0v) is 15.7. The summed E-state index contributed by atoms with van der Waals surface area (Å²) in [6.07, 6.45) is 0. The van der Waals surface area contributed by atoms with Crippen molar-refractivity contribution in [3.8, 4) is 5.75 Å². The summed E-state index contributed by atoms with van der Waals surface area (Å²) in [5, 5.41) is 2.92. The fourth-order valence-electron chi connectivity index (χ4n) is 2.77. The van der Waals surface area contributed by atoms with Crippen LogP contribution in [0.1, 0.15) is 15.9 Å². The molecule has 0 spiro atoms. The molecule has 2 aromatic rings. The molecular formula is C19H21BrN2O3. The van der Waals surface area contributed by atoms with Crippen molar-refractivity contribution in [2.24, 2.45) is 0 Å². The van der Waals surface area contributed by atoms with Crippen LogP contribution in [0.3, 0.4) is 0 Å². The standard InChI is InChI=1S/C19H21BrN2O3/c1-24-18-7-4-15(20)12-17(18)19(23)21-16-5-2-14(3-6-16)13-22-8-10-25-11-9-22/h2-7,12H,8-11,13H2,1H3,(H,21,23). The molecule has 5 nitrogen and oxygen atoms in total. The molecule has 0 aliphatic carbocycles. The molecule has 3 rings (SSSR count). The summed E-state index contributed by atoms with van der Waals surface area (Å²) in [6, 6.07) is 13.3. The van der Waals surface area contributed by atoms with Crippen molar-refractivity contribution in [2.75, 3.05) is 38.7 Å². The highest BCUT2D eigenvalue weighted by atomic mass is 79.9. The predicted molar refractivity (Wildman–Crippen MR) is 101 cm³/mol. The van der Waals surface area contributed by atoms with Crippen LogP contribution < -0.4 is 10.1 Å². The van der Waals surface area contributed by atoms with E-state index in [1.807, 2.05) is 30.3 Å². The van der Waals surface area contributed by atoms with Gasteiger partial charge in [-0.15, -0.1) is 0 Å². The van der Waals surface area contributed by atoms with Crippen LogP contribution in [0.2, 0.25) is 0 Å². The summed E-state index contributed by atoms with van der Waals surface area (Å²) in [6.45, 7) is 4.41. The zero-order chi connectivity index (χ0) is 17.6. The summed E-state index contributed by atoms with van der Waals surface area (Å²) in [4.78, 5) is 14.9. The number of nitrogens with zero attached hydrogens (tertiary/aromatic N) is 1. The number of anilines is 1. The molecule has 1 aliphatic heterocycles. The maximum atomic E-state index is 12.5. The lowest BCUT2D eigenvalue weighted by atomic mass is 10.1. The van der Waals surface area contributed by atoms with Gasteiger partial charge in [-0.05, 0) is 35.9 Å². The number of hydrogen-bond acceptors (Lipinski definition) is 4. The first-order valence-electron chi connectivity index (χ1n) is 8.19. The third-order valence-corrected chi connectivity index (χ3v) is 4.62. The van der Waals surface area contributed by atoms with Crippen molar-refractivity contribution in [3.05, 3.63) is 58.1 Å². The van der Waals surface area contributed by atoms with Gasteiger partial charge in [0.05, 0.1) is 25.9 Å². The van der Waals surface area contributed by atoms with E-state index in [2.05, 4.69) is 26.1 Å². The average molecular weight is 405 g/mol. The van der Waals surface area contributed by atoms with Gasteiger partial charge in [0, 0.05) is 29.8 Å². The minimum absolute atomic E-state index is 0.195. The number of methoxy groups -OCH3 is 1. The number of ether oxygens (including phenoxy) is 2. The molecule has 1 N–H and O–H groups in total. The molecule has 6 heteroatoms. The largest absolute Gasteiger partial charge is 0.496 e. The molecule has 25 heavy (non-hydrogen) atoms. The van der Waals surface area contributed by atoms with Crippen LogP contribution in [0.4, 0.5) is 5.69 Å². The van der Waals surface area contributed by atoms with E-state index in [0.29, 0.717) is 11.3 Å². The van der Waals surface area contributed by atoms with Crippen molar-refractivity contribution in [3.63, 3.8) is 0 Å². The lowest BCUT2D eigenvalue weighted by Gasteiger charge is -2.26. The van der Waals surface area contributed by atoms with Crippen LogP contribution in [0, 0.1) is 0 Å². The highest BCUT2D eigenvalue weighted by molar-refractivity contribution is 9.10. The van der Waals surface area contributed by atoms with Gasteiger partial charge in [-0.2, -0.15) is 0 Å². The topological polar surface area (TPSA) is 50.8 Å². The highest BCUT2D eigenvalue weighted by Gasteiger charge is 2.14. The quantitative estimate of drug-likeness (QED) is 0.827. The first-order valence-corrected chi connectivity index (χ1v) is 8.99. The van der Waals surface area contributed by atoms with Gasteiger partial charge in [0.25, 0.3) is 5.91 Å². The van der Waals surface area contributed by atoms with Gasteiger partial charge >= 0.3 is 0 Å². The van der Waals surface area contributed by atoms with Gasteiger partial charge in [0.1, 0.15) is 5.75 Å². The Morgan fingerprint density at radius 2 is 1.92 bits per heavy atom. The summed E-state index contributed by atoms with van der Waals surface area (Å²) < 4.78 is 11.5. The van der Waals surface area contributed by atoms with Crippen molar-refractivity contribution < 1.29 is 14.3 Å². The summed E-state index contributed by atoms with van der Waals surface area (Å²) in [7, 11) is 1.56. The van der Waals surface area contributed by atoms with Crippen LogP contribution >= 0.6 is 15.9 Å². The van der Waals surface area contributed by atoms with E-state index in [1.165, 1.54) is 5.56 Å². The fraction of sp³-hybridized carbons (Fsp3) is 0.316. The average Bonchev–Trinajstić information content (AvgIpc) is 2.64. The van der Waals surface area contributed by atoms with E-state index in [4.69, 9.17) is 9.47 Å². The van der Waals surface area contributed by atoms with Crippen LogP contribution in [0.5, 0.6) is 5.75 Å². The number of halogens is 1. The number of carbonyl (C=O) groups is 1. The van der Waals surface area contributed by atoms with E-state index in [9.17, 15) is 4.79 Å². The Hall–Kier alpha value is -1.89. The molecule has 1 amide bonds. The minimum Gasteiger partial charge on any atom is -0.496 e. The molecule has 2 aromatic carbocycles. The zero-order valence-electron chi connectivity index (χ0n) is 14.1. The second-order valence-electron chi connectivity index (χ2n) is 5.88. The van der Waals surface area contributed by atoms with Gasteiger partial charge in [0.15, 0.2) is 0 Å². The Balaban J connectivity index is 1.65. The summed E-state index contributed by atoms with van der Waals surface area (Å²) >= 11 is 3.39. The Morgan fingerprint density at radius 1 is 1.20 bits per heavy atom. The smallest absolute Gasteiger partial charge is 0.259 e. The maximum Gasteiger partial charge on any atom is 0.259 e. The molecule has 0 unspecified atom stereocenters. The van der Waals surface area contributed by atoms with Gasteiger partial charge in [-0.3, -0.25) is 9.69 Å². The van der Waals surface area contributed by atoms with Crippen molar-refractivity contribution in [1.82, 2.24) is 4.90 Å². The summed E-state index contributed by atoms with van der Waals surface area (Å²) in [5.41, 5.74) is 2.48. The molecule has 1 saturated heterocycles. The first-order chi connectivity index (χ1) is 12.2. The number of morpholine rings is 1. The third-order valence-electron chi connectivity index (χ3n) is 4.13. The van der Waals surface area contributed by atoms with Crippen molar-refractivity contribution >= 4 is 27.5 Å². The van der Waals surface area contributed by atoms with Crippen molar-refractivity contribution in [1.29, 1.82) is 0 Å². The van der Waals surface area contributed by atoms with E-state index >= 15 is 0 Å². The fourth-order valence-corrected chi connectivity index (χ4v) is 3.13. The van der Waals surface area contributed by atoms with Crippen molar-refractivity contribution in [2.45, 2.75) is 6.54 Å². The Kier molecular flexibility index (Phi) is 6.07. The third kappa shape index (κ3) is 4.81. The number of hydrogen-bond donors (Lipinski definition) is 1. The number of rotatable bonds is 5. The first kappa shape index (κ1) is 17.9. The second-order valence-corrected chi connectivity index (χ2v) is 6.80. The van der Waals surface area contributed by atoms with Crippen LogP contribution in [-0.2, 0) is 11.3 Å². The molecule has 1 aliphatic rings. The molecule has 0 bridgehead atoms. The molecule has 1 heterocycles. The maximum absolute atomic E-state index is 12.5. The Morgan fingerprint density at radius 3 is 2.60 bits per heavy atom. The van der Waals surface area contributed by atoms with Gasteiger partial charge in [-0.1, -0.05) is 28.1 Å². The molecular weight excluding hydrogens is 384 g/mol. The molecule has 0 saturated carbocycles. The number of carbonyl (C=O) groups excluding carboxylic acids is 1. The van der Waals surface area contributed by atoms with Crippen LogP contribution in [-0.4, -0.2) is 44.2 Å². The predicted octanol–water partition coefficient (Wildman–Crippen LogP) is 3.54. The number of amides is 1. The van der Waals surface area contributed by atoms with Gasteiger partial charge in [-0.25, -0.2) is 0 Å². The highest BCUT2D eigenvalue weighted by Crippen LogP contribution is 2.24. The second kappa shape index (κ2) is 8.47. The van der Waals surface area contributed by atoms with Gasteiger partial charge in [0.2, 0.25) is 0 Å². The Labute approximate surface area is 156 Å². The lowest BCUT2D eigenvalue weighted by molar-refractivity contribution is 0.0342. The number of benzene rings is 2. The summed E-state index contributed by atoms with van der Waals surface area (Å²) in [5.74, 6) is 0.351. The normalized spacial score (nSPS) is 15.0. The van der Waals surface area contributed by atoms with E-state index in [-0.39, 0.29) is 5.91 Å². The Bertz CT molecular complexity index is 728.